The number of amides is 1. The average Bonchev–Trinajstić information content (AvgIpc) is 3.04. The average molecular weight is 365 g/mol. The predicted octanol–water partition coefficient (Wildman–Crippen LogP) is 1.10. The van der Waals surface area contributed by atoms with Crippen molar-refractivity contribution < 1.29 is 13.2 Å². The molecule has 1 fully saturated rings. The van der Waals surface area contributed by atoms with Crippen LogP contribution in [0.5, 0.6) is 0 Å². The molecule has 22 heavy (non-hydrogen) atoms. The van der Waals surface area contributed by atoms with Gasteiger partial charge in [0.25, 0.3) is 0 Å². The zero-order valence-corrected chi connectivity index (χ0v) is 15.2. The number of hydrogen-bond acceptors (Lipinski definition) is 8. The van der Waals surface area contributed by atoms with Gasteiger partial charge in [0.05, 0.1) is 16.8 Å². The first-order chi connectivity index (χ1) is 10.3. The summed E-state index contributed by atoms with van der Waals surface area (Å²) in [6, 6.07) is -0.215. The zero-order chi connectivity index (χ0) is 16.3. The number of thioether (sulfide) groups is 1. The quantitative estimate of drug-likeness (QED) is 0.756. The third-order valence-electron chi connectivity index (χ3n) is 3.46. The monoisotopic (exact) mass is 364 g/mol. The molecule has 1 aromatic rings. The van der Waals surface area contributed by atoms with Crippen molar-refractivity contribution in [3.8, 4) is 0 Å². The maximum Gasteiger partial charge on any atom is 0.235 e. The maximum absolute atomic E-state index is 12.4. The van der Waals surface area contributed by atoms with Crippen molar-refractivity contribution in [3.05, 3.63) is 0 Å². The van der Waals surface area contributed by atoms with Crippen molar-refractivity contribution in [2.45, 2.75) is 35.9 Å². The normalized spacial score (nSPS) is 21.5. The van der Waals surface area contributed by atoms with Gasteiger partial charge in [-0.3, -0.25) is 4.79 Å². The van der Waals surface area contributed by atoms with E-state index in [0.29, 0.717) is 6.42 Å². The standard InChI is InChI=1S/C12H20N4O3S3/c1-4-13-11-14-15-12(21-11)20-8(2)10(17)16(3)9-5-6-22(18,19)7-9/h8-9H,4-7H2,1-3H3,(H,13,14)/t8-,9-/m1/s1. The number of aromatic nitrogens is 2. The van der Waals surface area contributed by atoms with Gasteiger partial charge in [0.15, 0.2) is 14.2 Å². The predicted molar refractivity (Wildman–Crippen MR) is 89.2 cm³/mol. The number of nitrogens with one attached hydrogen (secondary N) is 1. The van der Waals surface area contributed by atoms with E-state index >= 15 is 0 Å². The molecular weight excluding hydrogens is 344 g/mol. The highest BCUT2D eigenvalue weighted by atomic mass is 32.2. The van der Waals surface area contributed by atoms with Gasteiger partial charge < -0.3 is 10.2 Å². The van der Waals surface area contributed by atoms with Gasteiger partial charge in [-0.1, -0.05) is 23.1 Å². The lowest BCUT2D eigenvalue weighted by Crippen LogP contribution is -2.41. The number of rotatable bonds is 6. The molecule has 0 unspecified atom stereocenters. The number of carbonyl (C=O) groups excluding carboxylic acids is 1. The number of hydrogen-bond donors (Lipinski definition) is 1. The highest BCUT2D eigenvalue weighted by molar-refractivity contribution is 8.02. The zero-order valence-electron chi connectivity index (χ0n) is 12.8. The fourth-order valence-corrected chi connectivity index (χ4v) is 6.07. The molecular formula is C12H20N4O3S3. The summed E-state index contributed by atoms with van der Waals surface area (Å²) in [5.74, 6) is 0.155. The highest BCUT2D eigenvalue weighted by Gasteiger charge is 2.34. The van der Waals surface area contributed by atoms with Gasteiger partial charge >= 0.3 is 0 Å². The van der Waals surface area contributed by atoms with E-state index in [2.05, 4.69) is 15.5 Å². The number of nitrogens with zero attached hydrogens (tertiary/aromatic N) is 3. The van der Waals surface area contributed by atoms with E-state index < -0.39 is 9.84 Å². The van der Waals surface area contributed by atoms with Crippen molar-refractivity contribution in [1.29, 1.82) is 0 Å². The van der Waals surface area contributed by atoms with E-state index in [4.69, 9.17) is 0 Å². The lowest BCUT2D eigenvalue weighted by atomic mass is 10.2. The van der Waals surface area contributed by atoms with E-state index in [0.717, 1.165) is 16.0 Å². The Balaban J connectivity index is 1.93. The van der Waals surface area contributed by atoms with Gasteiger partial charge in [-0.05, 0) is 20.3 Å². The van der Waals surface area contributed by atoms with E-state index in [-0.39, 0.29) is 28.7 Å². The van der Waals surface area contributed by atoms with Gasteiger partial charge in [0.2, 0.25) is 11.0 Å². The van der Waals surface area contributed by atoms with Gasteiger partial charge in [0, 0.05) is 19.6 Å². The summed E-state index contributed by atoms with van der Waals surface area (Å²) >= 11 is 2.76. The lowest BCUT2D eigenvalue weighted by Gasteiger charge is -2.25. The molecule has 1 N–H and O–H groups in total. The van der Waals surface area contributed by atoms with Crippen LogP contribution in [0.1, 0.15) is 20.3 Å². The van der Waals surface area contributed by atoms with Crippen LogP contribution >= 0.6 is 23.1 Å². The summed E-state index contributed by atoms with van der Waals surface area (Å²) < 4.78 is 23.8. The van der Waals surface area contributed by atoms with Crippen molar-refractivity contribution in [2.75, 3.05) is 30.4 Å². The van der Waals surface area contributed by atoms with Crippen LogP contribution in [-0.4, -0.2) is 65.8 Å². The molecule has 2 atom stereocenters. The molecule has 0 saturated carbocycles. The topological polar surface area (TPSA) is 92.3 Å². The molecule has 1 aromatic heterocycles. The first-order valence-corrected chi connectivity index (χ1v) is 10.5. The summed E-state index contributed by atoms with van der Waals surface area (Å²) in [6.07, 6.45) is 0.519. The second kappa shape index (κ2) is 7.14. The third-order valence-corrected chi connectivity index (χ3v) is 7.27. The largest absolute Gasteiger partial charge is 0.360 e. The first kappa shape index (κ1) is 17.5. The Labute approximate surface area is 138 Å². The molecule has 0 spiro atoms. The fourth-order valence-electron chi connectivity index (χ4n) is 2.23. The Morgan fingerprint density at radius 1 is 1.55 bits per heavy atom. The van der Waals surface area contributed by atoms with E-state index in [1.54, 1.807) is 18.9 Å². The minimum absolute atomic E-state index is 0.0655. The van der Waals surface area contributed by atoms with Crippen LogP contribution in [0.15, 0.2) is 4.34 Å². The fraction of sp³-hybridized carbons (Fsp3) is 0.750. The van der Waals surface area contributed by atoms with E-state index in [9.17, 15) is 13.2 Å². The summed E-state index contributed by atoms with van der Waals surface area (Å²) in [5.41, 5.74) is 0. The van der Waals surface area contributed by atoms with Crippen LogP contribution in [0.3, 0.4) is 0 Å². The van der Waals surface area contributed by atoms with Crippen LogP contribution in [0.25, 0.3) is 0 Å². The second-order valence-corrected chi connectivity index (χ2v) is 9.96. The Morgan fingerprint density at radius 3 is 2.86 bits per heavy atom. The van der Waals surface area contributed by atoms with Crippen molar-refractivity contribution in [1.82, 2.24) is 15.1 Å². The Bertz CT molecular complexity index is 631. The number of carbonyl (C=O) groups is 1. The number of sulfone groups is 1. The summed E-state index contributed by atoms with van der Waals surface area (Å²) in [4.78, 5) is 14.0. The molecule has 1 aliphatic rings. The minimum Gasteiger partial charge on any atom is -0.360 e. The molecule has 2 heterocycles. The van der Waals surface area contributed by atoms with Crippen molar-refractivity contribution in [2.24, 2.45) is 0 Å². The third kappa shape index (κ3) is 4.32. The molecule has 0 radical (unpaired) electrons. The lowest BCUT2D eigenvalue weighted by molar-refractivity contribution is -0.130. The number of anilines is 1. The SMILES string of the molecule is CCNc1nnc(S[C@H](C)C(=O)N(C)[C@@H]2CCS(=O)(=O)C2)s1. The molecule has 0 aromatic carbocycles. The highest BCUT2D eigenvalue weighted by Crippen LogP contribution is 2.30. The van der Waals surface area contributed by atoms with Crippen LogP contribution in [0.4, 0.5) is 5.13 Å². The molecule has 0 bridgehead atoms. The van der Waals surface area contributed by atoms with Crippen molar-refractivity contribution >= 4 is 44.0 Å². The summed E-state index contributed by atoms with van der Waals surface area (Å²) in [7, 11) is -1.32. The van der Waals surface area contributed by atoms with E-state index in [1.807, 2.05) is 6.92 Å². The molecule has 124 valence electrons. The summed E-state index contributed by atoms with van der Waals surface area (Å²) in [5, 5.41) is 11.5. The Kier molecular flexibility index (Phi) is 5.67. The maximum atomic E-state index is 12.4. The van der Waals surface area contributed by atoms with Gasteiger partial charge in [0.1, 0.15) is 0 Å². The van der Waals surface area contributed by atoms with Gasteiger partial charge in [-0.15, -0.1) is 10.2 Å². The smallest absolute Gasteiger partial charge is 0.235 e. The Morgan fingerprint density at radius 2 is 2.27 bits per heavy atom. The van der Waals surface area contributed by atoms with Crippen LogP contribution in [-0.2, 0) is 14.6 Å². The van der Waals surface area contributed by atoms with Crippen molar-refractivity contribution in [3.63, 3.8) is 0 Å². The second-order valence-electron chi connectivity index (χ2n) is 5.17. The molecule has 1 amide bonds. The molecule has 1 saturated heterocycles. The van der Waals surface area contributed by atoms with Crippen LogP contribution in [0.2, 0.25) is 0 Å². The van der Waals surface area contributed by atoms with Gasteiger partial charge in [-0.25, -0.2) is 8.42 Å². The van der Waals surface area contributed by atoms with E-state index in [1.165, 1.54) is 23.1 Å². The minimum atomic E-state index is -2.99. The summed E-state index contributed by atoms with van der Waals surface area (Å²) in [6.45, 7) is 4.55. The van der Waals surface area contributed by atoms with Gasteiger partial charge in [-0.2, -0.15) is 0 Å². The molecule has 1 aliphatic heterocycles. The first-order valence-electron chi connectivity index (χ1n) is 7.03. The molecule has 7 nitrogen and oxygen atoms in total. The Hall–Kier alpha value is -0.870. The van der Waals surface area contributed by atoms with Crippen LogP contribution in [0, 0.1) is 0 Å². The van der Waals surface area contributed by atoms with Crippen LogP contribution < -0.4 is 5.32 Å². The molecule has 2 rings (SSSR count). The molecule has 0 aliphatic carbocycles. The molecule has 10 heteroatoms.